The van der Waals surface area contributed by atoms with Gasteiger partial charge in [0.15, 0.2) is 16.6 Å². The molecule has 2 heterocycles. The highest BCUT2D eigenvalue weighted by atomic mass is 32.1. The standard InChI is InChI=1S/C35H36N6O6S/c1-7-46-32(43)28-19-48-34(41-28)40-26-17-20(35(2,3)4)16-25(30(26)45-6)39-33(44)38-24-12-13-29(23-11-9-8-10-22(23)24)47-21-14-15-37-27(18-21)31(42)36-5/h8-19H,7H2,1-6H3,(H,36,42)(H,40,41)(H2,38,39,44). The van der Waals surface area contributed by atoms with Crippen molar-refractivity contribution in [1.82, 2.24) is 15.3 Å². The largest absolute Gasteiger partial charge is 0.492 e. The zero-order valence-corrected chi connectivity index (χ0v) is 28.2. The fraction of sp³-hybridized carbons (Fsp3) is 0.229. The number of urea groups is 1. The van der Waals surface area contributed by atoms with Gasteiger partial charge in [-0.2, -0.15) is 0 Å². The van der Waals surface area contributed by atoms with E-state index >= 15 is 0 Å². The Morgan fingerprint density at radius 3 is 2.33 bits per heavy atom. The molecule has 0 aliphatic carbocycles. The molecule has 0 atom stereocenters. The van der Waals surface area contributed by atoms with Crippen LogP contribution in [0.4, 0.5) is 27.0 Å². The summed E-state index contributed by atoms with van der Waals surface area (Å²) in [6, 6.07) is 17.5. The van der Waals surface area contributed by atoms with E-state index in [2.05, 4.69) is 52.0 Å². The smallest absolute Gasteiger partial charge is 0.357 e. The van der Waals surface area contributed by atoms with Crippen molar-refractivity contribution in [3.05, 3.63) is 89.2 Å². The van der Waals surface area contributed by atoms with Crippen LogP contribution >= 0.6 is 11.3 Å². The van der Waals surface area contributed by atoms with E-state index in [4.69, 9.17) is 14.2 Å². The first kappa shape index (κ1) is 33.7. The van der Waals surface area contributed by atoms with E-state index in [9.17, 15) is 14.4 Å². The fourth-order valence-electron chi connectivity index (χ4n) is 4.81. The number of carbonyl (C=O) groups is 3. The highest BCUT2D eigenvalue weighted by Crippen LogP contribution is 2.41. The Labute approximate surface area is 281 Å². The summed E-state index contributed by atoms with van der Waals surface area (Å²) >= 11 is 1.25. The first-order valence-corrected chi connectivity index (χ1v) is 16.0. The number of aromatic nitrogens is 2. The number of methoxy groups -OCH3 is 1. The molecule has 248 valence electrons. The predicted molar refractivity (Wildman–Crippen MR) is 187 cm³/mol. The number of fused-ring (bicyclic) bond motifs is 1. The van der Waals surface area contributed by atoms with E-state index < -0.39 is 12.0 Å². The van der Waals surface area contributed by atoms with Gasteiger partial charge in [-0.05, 0) is 48.2 Å². The molecule has 3 amide bonds. The quantitative estimate of drug-likeness (QED) is 0.110. The van der Waals surface area contributed by atoms with Gasteiger partial charge in [-0.3, -0.25) is 9.78 Å². The summed E-state index contributed by atoms with van der Waals surface area (Å²) in [4.78, 5) is 46.2. The van der Waals surface area contributed by atoms with Gasteiger partial charge in [0.1, 0.15) is 17.2 Å². The van der Waals surface area contributed by atoms with Crippen molar-refractivity contribution in [3.8, 4) is 17.2 Å². The van der Waals surface area contributed by atoms with Gasteiger partial charge in [-0.25, -0.2) is 14.6 Å². The molecule has 3 aromatic carbocycles. The summed E-state index contributed by atoms with van der Waals surface area (Å²) in [6.45, 7) is 8.17. The third-order valence-electron chi connectivity index (χ3n) is 7.19. The number of rotatable bonds is 10. The second kappa shape index (κ2) is 14.4. The van der Waals surface area contributed by atoms with Gasteiger partial charge in [0, 0.05) is 35.5 Å². The Kier molecular flexibility index (Phi) is 10.1. The minimum atomic E-state index is -0.504. The van der Waals surface area contributed by atoms with Gasteiger partial charge < -0.3 is 35.5 Å². The molecule has 0 bridgehead atoms. The molecular formula is C35H36N6O6S. The van der Waals surface area contributed by atoms with E-state index in [-0.39, 0.29) is 29.3 Å². The second-order valence-electron chi connectivity index (χ2n) is 11.5. The molecule has 5 rings (SSSR count). The highest BCUT2D eigenvalue weighted by Gasteiger charge is 2.22. The lowest BCUT2D eigenvalue weighted by Crippen LogP contribution is -2.21. The Balaban J connectivity index is 1.42. The molecular weight excluding hydrogens is 632 g/mol. The minimum Gasteiger partial charge on any atom is -0.492 e. The average molecular weight is 669 g/mol. The topological polar surface area (TPSA) is 153 Å². The summed E-state index contributed by atoms with van der Waals surface area (Å²) in [7, 11) is 3.05. The molecule has 0 aliphatic rings. The van der Waals surface area contributed by atoms with Crippen molar-refractivity contribution < 1.29 is 28.6 Å². The van der Waals surface area contributed by atoms with Gasteiger partial charge in [-0.15, -0.1) is 11.3 Å². The number of nitrogens with zero attached hydrogens (tertiary/aromatic N) is 2. The number of benzene rings is 3. The lowest BCUT2D eigenvalue weighted by atomic mass is 9.86. The van der Waals surface area contributed by atoms with Gasteiger partial charge in [0.25, 0.3) is 5.91 Å². The SMILES string of the molecule is CCOC(=O)c1csc(Nc2cc(C(C)(C)C)cc(NC(=O)Nc3ccc(Oc4ccnc(C(=O)NC)c4)c4ccccc34)c2OC)n1. The van der Waals surface area contributed by atoms with Crippen LogP contribution in [0.2, 0.25) is 0 Å². The number of ether oxygens (including phenoxy) is 3. The van der Waals surface area contributed by atoms with Crippen LogP contribution in [-0.4, -0.2) is 48.6 Å². The maximum Gasteiger partial charge on any atom is 0.357 e. The molecule has 0 unspecified atom stereocenters. The van der Waals surface area contributed by atoms with Crippen LogP contribution in [0.5, 0.6) is 17.2 Å². The number of esters is 1. The number of hydrogen-bond acceptors (Lipinski definition) is 10. The molecule has 0 aliphatic heterocycles. The van der Waals surface area contributed by atoms with Crippen molar-refractivity contribution in [1.29, 1.82) is 0 Å². The molecule has 48 heavy (non-hydrogen) atoms. The lowest BCUT2D eigenvalue weighted by Gasteiger charge is -2.24. The van der Waals surface area contributed by atoms with Crippen molar-refractivity contribution in [2.24, 2.45) is 0 Å². The van der Waals surface area contributed by atoms with E-state index in [1.165, 1.54) is 31.7 Å². The molecule has 0 spiro atoms. The van der Waals surface area contributed by atoms with E-state index in [0.29, 0.717) is 39.4 Å². The maximum atomic E-state index is 13.5. The molecule has 5 aromatic rings. The number of pyridine rings is 1. The van der Waals surface area contributed by atoms with E-state index in [1.807, 2.05) is 36.4 Å². The molecule has 2 aromatic heterocycles. The Morgan fingerprint density at radius 1 is 0.896 bits per heavy atom. The molecule has 0 radical (unpaired) electrons. The van der Waals surface area contributed by atoms with Crippen LogP contribution in [-0.2, 0) is 10.2 Å². The fourth-order valence-corrected chi connectivity index (χ4v) is 5.50. The molecule has 0 saturated heterocycles. The molecule has 4 N–H and O–H groups in total. The van der Waals surface area contributed by atoms with Gasteiger partial charge in [-0.1, -0.05) is 45.0 Å². The van der Waals surface area contributed by atoms with Crippen molar-refractivity contribution >= 4 is 62.2 Å². The third kappa shape index (κ3) is 7.64. The van der Waals surface area contributed by atoms with Crippen molar-refractivity contribution in [2.75, 3.05) is 36.7 Å². The van der Waals surface area contributed by atoms with Crippen molar-refractivity contribution in [3.63, 3.8) is 0 Å². The number of hydrogen-bond donors (Lipinski definition) is 4. The Bertz CT molecular complexity index is 1990. The minimum absolute atomic E-state index is 0.200. The van der Waals surface area contributed by atoms with Gasteiger partial charge in [0.2, 0.25) is 0 Å². The van der Waals surface area contributed by atoms with E-state index in [1.54, 1.807) is 36.6 Å². The van der Waals surface area contributed by atoms with Crippen LogP contribution in [0.25, 0.3) is 10.8 Å². The molecule has 12 nitrogen and oxygen atoms in total. The van der Waals surface area contributed by atoms with Crippen LogP contribution in [0.3, 0.4) is 0 Å². The Morgan fingerprint density at radius 2 is 1.62 bits per heavy atom. The van der Waals surface area contributed by atoms with Gasteiger partial charge in [0.05, 0.1) is 30.8 Å². The monoisotopic (exact) mass is 668 g/mol. The summed E-state index contributed by atoms with van der Waals surface area (Å²) in [6.07, 6.45) is 1.50. The third-order valence-corrected chi connectivity index (χ3v) is 7.95. The zero-order chi connectivity index (χ0) is 34.4. The number of amides is 3. The first-order chi connectivity index (χ1) is 23.0. The molecule has 13 heteroatoms. The Hall–Kier alpha value is -5.69. The molecule has 0 fully saturated rings. The summed E-state index contributed by atoms with van der Waals surface area (Å²) in [5.41, 5.74) is 2.61. The number of nitrogens with one attached hydrogen (secondary N) is 4. The summed E-state index contributed by atoms with van der Waals surface area (Å²) in [5.74, 6) is 0.533. The normalized spacial score (nSPS) is 11.0. The molecule has 0 saturated carbocycles. The van der Waals surface area contributed by atoms with Crippen molar-refractivity contribution in [2.45, 2.75) is 33.1 Å². The number of carbonyl (C=O) groups excluding carboxylic acids is 3. The summed E-state index contributed by atoms with van der Waals surface area (Å²) < 4.78 is 17.0. The predicted octanol–water partition coefficient (Wildman–Crippen LogP) is 7.71. The highest BCUT2D eigenvalue weighted by molar-refractivity contribution is 7.14. The lowest BCUT2D eigenvalue weighted by molar-refractivity contribution is 0.0520. The number of thiazole rings is 1. The average Bonchev–Trinajstić information content (AvgIpc) is 3.54. The zero-order valence-electron chi connectivity index (χ0n) is 27.4. The van der Waals surface area contributed by atoms with E-state index in [0.717, 1.165) is 16.3 Å². The first-order valence-electron chi connectivity index (χ1n) is 15.1. The van der Waals surface area contributed by atoms with Crippen LogP contribution < -0.4 is 30.7 Å². The second-order valence-corrected chi connectivity index (χ2v) is 12.4. The van der Waals surface area contributed by atoms with Gasteiger partial charge >= 0.3 is 12.0 Å². The maximum absolute atomic E-state index is 13.5. The van der Waals surface area contributed by atoms with Crippen LogP contribution in [0, 0.1) is 0 Å². The van der Waals surface area contributed by atoms with Crippen LogP contribution in [0.15, 0.2) is 72.2 Å². The summed E-state index contributed by atoms with van der Waals surface area (Å²) in [5, 5.41) is 15.3. The number of anilines is 4. The van der Waals surface area contributed by atoms with Crippen LogP contribution in [0.1, 0.15) is 54.2 Å².